The number of aryl methyl sites for hydroxylation is 1. The number of halogens is 1. The quantitative estimate of drug-likeness (QED) is 0.897. The molecule has 0 amide bonds. The summed E-state index contributed by atoms with van der Waals surface area (Å²) in [5.41, 5.74) is 7.00. The number of pyridine rings is 1. The lowest BCUT2D eigenvalue weighted by Gasteiger charge is -2.37. The minimum absolute atomic E-state index is 0.0818. The van der Waals surface area contributed by atoms with Crippen molar-refractivity contribution in [2.45, 2.75) is 25.3 Å². The van der Waals surface area contributed by atoms with Crippen LogP contribution in [-0.2, 0) is 4.74 Å². The maximum absolute atomic E-state index is 5.91. The molecule has 3 N–H and O–H groups in total. The van der Waals surface area contributed by atoms with Gasteiger partial charge in [0, 0.05) is 26.0 Å². The van der Waals surface area contributed by atoms with Gasteiger partial charge in [0.1, 0.15) is 5.82 Å². The summed E-state index contributed by atoms with van der Waals surface area (Å²) < 4.78 is 6.40. The number of rotatable bonds is 3. The largest absolute Gasteiger partial charge is 0.381 e. The van der Waals surface area contributed by atoms with E-state index in [4.69, 9.17) is 10.5 Å². The van der Waals surface area contributed by atoms with Crippen LogP contribution in [0.1, 0.15) is 18.4 Å². The first kappa shape index (κ1) is 12.8. The Bertz CT molecular complexity index is 391. The molecule has 2 heterocycles. The Labute approximate surface area is 110 Å². The van der Waals surface area contributed by atoms with Crippen molar-refractivity contribution in [2.75, 3.05) is 25.1 Å². The minimum atomic E-state index is -0.0818. The second-order valence-electron chi connectivity index (χ2n) is 4.51. The molecule has 94 valence electrons. The molecule has 17 heavy (non-hydrogen) atoms. The van der Waals surface area contributed by atoms with Crippen LogP contribution < -0.4 is 11.1 Å². The Balaban J connectivity index is 2.20. The second-order valence-corrected chi connectivity index (χ2v) is 5.31. The molecule has 0 aliphatic carbocycles. The Morgan fingerprint density at radius 1 is 1.53 bits per heavy atom. The van der Waals surface area contributed by atoms with Gasteiger partial charge in [0.15, 0.2) is 0 Å². The number of nitrogens with zero attached hydrogens (tertiary/aromatic N) is 1. The van der Waals surface area contributed by atoms with Crippen LogP contribution in [0.15, 0.2) is 16.7 Å². The lowest BCUT2D eigenvalue weighted by Crippen LogP contribution is -2.49. The molecular formula is C12H18BrN3O. The van der Waals surface area contributed by atoms with Crippen molar-refractivity contribution < 1.29 is 4.74 Å². The van der Waals surface area contributed by atoms with Crippen molar-refractivity contribution in [3.05, 3.63) is 22.3 Å². The molecule has 0 atom stereocenters. The summed E-state index contributed by atoms with van der Waals surface area (Å²) in [5.74, 6) is 0.873. The van der Waals surface area contributed by atoms with Gasteiger partial charge in [0.25, 0.3) is 0 Å². The fourth-order valence-corrected chi connectivity index (χ4v) is 2.35. The van der Waals surface area contributed by atoms with Gasteiger partial charge >= 0.3 is 0 Å². The molecule has 0 aromatic carbocycles. The normalized spacial score (nSPS) is 19.0. The van der Waals surface area contributed by atoms with Gasteiger partial charge in [-0.15, -0.1) is 0 Å². The lowest BCUT2D eigenvalue weighted by molar-refractivity contribution is 0.0626. The molecule has 4 nitrogen and oxygen atoms in total. The summed E-state index contributed by atoms with van der Waals surface area (Å²) in [4.78, 5) is 4.37. The molecule has 1 aliphatic heterocycles. The van der Waals surface area contributed by atoms with Gasteiger partial charge in [-0.3, -0.25) is 0 Å². The molecule has 1 aliphatic rings. The molecule has 0 saturated carbocycles. The van der Waals surface area contributed by atoms with Crippen molar-refractivity contribution in [3.63, 3.8) is 0 Å². The van der Waals surface area contributed by atoms with Crippen LogP contribution in [0.25, 0.3) is 0 Å². The van der Waals surface area contributed by atoms with Crippen LogP contribution in [0.5, 0.6) is 0 Å². The zero-order valence-corrected chi connectivity index (χ0v) is 11.6. The monoisotopic (exact) mass is 299 g/mol. The van der Waals surface area contributed by atoms with E-state index in [1.165, 1.54) is 5.56 Å². The van der Waals surface area contributed by atoms with Gasteiger partial charge in [0.2, 0.25) is 0 Å². The van der Waals surface area contributed by atoms with Crippen molar-refractivity contribution in [1.29, 1.82) is 0 Å². The van der Waals surface area contributed by atoms with Gasteiger partial charge in [-0.2, -0.15) is 0 Å². The zero-order valence-electron chi connectivity index (χ0n) is 10.0. The average molecular weight is 300 g/mol. The van der Waals surface area contributed by atoms with E-state index in [1.54, 1.807) is 0 Å². The zero-order chi connectivity index (χ0) is 12.3. The fraction of sp³-hybridized carbons (Fsp3) is 0.583. The van der Waals surface area contributed by atoms with Gasteiger partial charge in [0.05, 0.1) is 10.0 Å². The van der Waals surface area contributed by atoms with Gasteiger partial charge in [-0.25, -0.2) is 4.98 Å². The topological polar surface area (TPSA) is 60.2 Å². The Hall–Kier alpha value is -0.650. The minimum Gasteiger partial charge on any atom is -0.381 e. The van der Waals surface area contributed by atoms with E-state index in [0.717, 1.165) is 36.3 Å². The van der Waals surface area contributed by atoms with E-state index in [9.17, 15) is 0 Å². The first-order valence-corrected chi connectivity index (χ1v) is 6.63. The number of ether oxygens (including phenoxy) is 1. The summed E-state index contributed by atoms with van der Waals surface area (Å²) in [6.07, 6.45) is 3.66. The van der Waals surface area contributed by atoms with Crippen LogP contribution in [0.2, 0.25) is 0 Å². The summed E-state index contributed by atoms with van der Waals surface area (Å²) in [7, 11) is 0. The number of hydrogen-bond donors (Lipinski definition) is 2. The highest BCUT2D eigenvalue weighted by molar-refractivity contribution is 9.10. The summed E-state index contributed by atoms with van der Waals surface area (Å²) in [6.45, 7) is 4.16. The van der Waals surface area contributed by atoms with Crippen molar-refractivity contribution in [2.24, 2.45) is 5.73 Å². The number of hydrogen-bond acceptors (Lipinski definition) is 4. The molecule has 0 unspecified atom stereocenters. The van der Waals surface area contributed by atoms with E-state index in [-0.39, 0.29) is 5.54 Å². The second kappa shape index (κ2) is 5.33. The van der Waals surface area contributed by atoms with E-state index in [0.29, 0.717) is 6.54 Å². The number of anilines is 1. The maximum Gasteiger partial charge on any atom is 0.141 e. The van der Waals surface area contributed by atoms with Crippen LogP contribution in [0, 0.1) is 6.92 Å². The van der Waals surface area contributed by atoms with Crippen LogP contribution >= 0.6 is 15.9 Å². The molecule has 0 radical (unpaired) electrons. The predicted molar refractivity (Wildman–Crippen MR) is 72.1 cm³/mol. The van der Waals surface area contributed by atoms with Crippen molar-refractivity contribution in [1.82, 2.24) is 4.98 Å². The van der Waals surface area contributed by atoms with Crippen LogP contribution in [0.3, 0.4) is 0 Å². The fourth-order valence-electron chi connectivity index (χ4n) is 2.02. The van der Waals surface area contributed by atoms with Gasteiger partial charge in [-0.1, -0.05) is 0 Å². The number of nitrogens with two attached hydrogens (primary N) is 1. The van der Waals surface area contributed by atoms with E-state index in [2.05, 4.69) is 33.2 Å². The molecule has 0 spiro atoms. The summed E-state index contributed by atoms with van der Waals surface area (Å²) in [6, 6.07) is 1.98. The highest BCUT2D eigenvalue weighted by atomic mass is 79.9. The highest BCUT2D eigenvalue weighted by Crippen LogP contribution is 2.29. The molecule has 0 bridgehead atoms. The maximum atomic E-state index is 5.91. The number of aromatic nitrogens is 1. The molecule has 1 aromatic heterocycles. The van der Waals surface area contributed by atoms with Gasteiger partial charge < -0.3 is 15.8 Å². The average Bonchev–Trinajstić information content (AvgIpc) is 2.36. The summed E-state index contributed by atoms with van der Waals surface area (Å²) in [5, 5.41) is 3.49. The Morgan fingerprint density at radius 2 is 2.24 bits per heavy atom. The predicted octanol–water partition coefficient (Wildman–Crippen LogP) is 2.07. The number of nitrogens with one attached hydrogen (secondary N) is 1. The first-order valence-electron chi connectivity index (χ1n) is 5.84. The van der Waals surface area contributed by atoms with Crippen LogP contribution in [0.4, 0.5) is 5.82 Å². The third-order valence-electron chi connectivity index (χ3n) is 3.31. The molecule has 1 aromatic rings. The third kappa shape index (κ3) is 2.78. The molecule has 1 saturated heterocycles. The van der Waals surface area contributed by atoms with Crippen molar-refractivity contribution in [3.8, 4) is 0 Å². The lowest BCUT2D eigenvalue weighted by atomic mass is 9.90. The first-order chi connectivity index (χ1) is 8.17. The van der Waals surface area contributed by atoms with Crippen molar-refractivity contribution >= 4 is 21.7 Å². The van der Waals surface area contributed by atoms with E-state index >= 15 is 0 Å². The summed E-state index contributed by atoms with van der Waals surface area (Å²) >= 11 is 3.56. The highest BCUT2D eigenvalue weighted by Gasteiger charge is 2.31. The molecular weight excluding hydrogens is 282 g/mol. The Morgan fingerprint density at radius 3 is 2.88 bits per heavy atom. The molecule has 2 rings (SSSR count). The smallest absolute Gasteiger partial charge is 0.141 e. The van der Waals surface area contributed by atoms with Gasteiger partial charge in [-0.05, 0) is 47.3 Å². The third-order valence-corrected chi connectivity index (χ3v) is 4.31. The molecule has 5 heteroatoms. The molecule has 1 fully saturated rings. The van der Waals surface area contributed by atoms with E-state index < -0.39 is 0 Å². The Kier molecular flexibility index (Phi) is 4.01. The van der Waals surface area contributed by atoms with Crippen LogP contribution in [-0.4, -0.2) is 30.3 Å². The van der Waals surface area contributed by atoms with E-state index in [1.807, 2.05) is 12.3 Å². The SMILES string of the molecule is Cc1ccnc(NC2(CN)CCOCC2)c1Br. The standard InChI is InChI=1S/C12H18BrN3O/c1-9-2-5-15-11(10(9)13)16-12(8-14)3-6-17-7-4-12/h2,5H,3-4,6-8,14H2,1H3,(H,15,16).